The predicted molar refractivity (Wildman–Crippen MR) is 77.5 cm³/mol. The number of nitriles is 1. The summed E-state index contributed by atoms with van der Waals surface area (Å²) in [4.78, 5) is -0.0289. The van der Waals surface area contributed by atoms with Gasteiger partial charge in [0.15, 0.2) is 0 Å². The van der Waals surface area contributed by atoms with Crippen molar-refractivity contribution in [3.8, 4) is 6.07 Å². The van der Waals surface area contributed by atoms with E-state index in [1.807, 2.05) is 6.07 Å². The number of anilines is 2. The Morgan fingerprint density at radius 1 is 1.24 bits per heavy atom. The Morgan fingerprint density at radius 2 is 1.95 bits per heavy atom. The van der Waals surface area contributed by atoms with Gasteiger partial charge in [0.05, 0.1) is 27.9 Å². The van der Waals surface area contributed by atoms with Crippen LogP contribution in [0.5, 0.6) is 0 Å². The van der Waals surface area contributed by atoms with Gasteiger partial charge in [-0.1, -0.05) is 6.07 Å². The summed E-state index contributed by atoms with van der Waals surface area (Å²) in [6.07, 6.45) is 0. The summed E-state index contributed by atoms with van der Waals surface area (Å²) in [5.74, 6) is -0.710. The molecule has 0 aliphatic carbocycles. The zero-order chi connectivity index (χ0) is 15.6. The summed E-state index contributed by atoms with van der Waals surface area (Å²) in [6.45, 7) is 1.61. The van der Waals surface area contributed by atoms with Gasteiger partial charge in [-0.05, 0) is 36.8 Å². The summed E-state index contributed by atoms with van der Waals surface area (Å²) in [5, 5.41) is 8.85. The fraction of sp³-hybridized carbons (Fsp3) is 0.0714. The molecule has 2 aromatic rings. The van der Waals surface area contributed by atoms with Gasteiger partial charge < -0.3 is 5.73 Å². The van der Waals surface area contributed by atoms with E-state index in [0.717, 1.165) is 6.07 Å². The van der Waals surface area contributed by atoms with E-state index in [1.54, 1.807) is 6.92 Å². The Hall–Kier alpha value is -2.59. The first-order valence-corrected chi connectivity index (χ1v) is 7.40. The van der Waals surface area contributed by atoms with Crippen molar-refractivity contribution < 1.29 is 12.8 Å². The molecule has 5 nitrogen and oxygen atoms in total. The number of nitrogens with zero attached hydrogens (tertiary/aromatic N) is 1. The third-order valence-electron chi connectivity index (χ3n) is 2.86. The average Bonchev–Trinajstić information content (AvgIpc) is 2.43. The standard InChI is InChI=1S/C14H12FN3O2S/c1-9-2-3-10(8-16)6-14(9)21(19,20)18-11-4-5-13(17)12(15)7-11/h2-7,18H,17H2,1H3. The zero-order valence-electron chi connectivity index (χ0n) is 11.1. The van der Waals surface area contributed by atoms with Crippen molar-refractivity contribution in [1.29, 1.82) is 5.26 Å². The fourth-order valence-corrected chi connectivity index (χ4v) is 3.08. The second-order valence-electron chi connectivity index (χ2n) is 4.43. The van der Waals surface area contributed by atoms with Gasteiger partial charge in [-0.3, -0.25) is 4.72 Å². The van der Waals surface area contributed by atoms with Crippen LogP contribution in [0, 0.1) is 24.1 Å². The van der Waals surface area contributed by atoms with Gasteiger partial charge in [-0.2, -0.15) is 5.26 Å². The van der Waals surface area contributed by atoms with Crippen LogP contribution in [0.25, 0.3) is 0 Å². The predicted octanol–water partition coefficient (Wildman–Crippen LogP) is 2.39. The Labute approximate surface area is 121 Å². The van der Waals surface area contributed by atoms with E-state index in [4.69, 9.17) is 11.0 Å². The molecule has 7 heteroatoms. The van der Waals surface area contributed by atoms with Crippen molar-refractivity contribution in [1.82, 2.24) is 0 Å². The lowest BCUT2D eigenvalue weighted by atomic mass is 10.2. The maximum Gasteiger partial charge on any atom is 0.262 e. The number of aryl methyl sites for hydroxylation is 1. The molecule has 3 N–H and O–H groups in total. The highest BCUT2D eigenvalue weighted by Gasteiger charge is 2.18. The minimum absolute atomic E-state index is 0.0289. The van der Waals surface area contributed by atoms with Crippen molar-refractivity contribution >= 4 is 21.4 Å². The molecule has 0 heterocycles. The number of hydrogen-bond acceptors (Lipinski definition) is 4. The topological polar surface area (TPSA) is 96.0 Å². The van der Waals surface area contributed by atoms with Crippen LogP contribution in [0.4, 0.5) is 15.8 Å². The molecule has 0 aliphatic rings. The van der Waals surface area contributed by atoms with Crippen LogP contribution in [0.15, 0.2) is 41.3 Å². The van der Waals surface area contributed by atoms with Gasteiger partial charge in [-0.25, -0.2) is 12.8 Å². The lowest BCUT2D eigenvalue weighted by molar-refractivity contribution is 0.600. The number of hydrogen-bond donors (Lipinski definition) is 2. The molecule has 21 heavy (non-hydrogen) atoms. The number of benzene rings is 2. The zero-order valence-corrected chi connectivity index (χ0v) is 11.9. The van der Waals surface area contributed by atoms with E-state index in [2.05, 4.69) is 4.72 Å². The molecule has 0 aromatic heterocycles. The number of nitrogens with one attached hydrogen (secondary N) is 1. The van der Waals surface area contributed by atoms with Crippen molar-refractivity contribution in [3.05, 3.63) is 53.3 Å². The third-order valence-corrected chi connectivity index (χ3v) is 4.38. The van der Waals surface area contributed by atoms with E-state index in [9.17, 15) is 12.8 Å². The summed E-state index contributed by atoms with van der Waals surface area (Å²) in [7, 11) is -3.91. The Balaban J connectivity index is 2.43. The molecule has 0 atom stereocenters. The van der Waals surface area contributed by atoms with Gasteiger partial charge in [0.25, 0.3) is 10.0 Å². The summed E-state index contributed by atoms with van der Waals surface area (Å²) in [6, 6.07) is 9.84. The SMILES string of the molecule is Cc1ccc(C#N)cc1S(=O)(=O)Nc1ccc(N)c(F)c1. The minimum atomic E-state index is -3.91. The van der Waals surface area contributed by atoms with Gasteiger partial charge in [0.2, 0.25) is 0 Å². The number of nitrogen functional groups attached to an aromatic ring is 1. The lowest BCUT2D eigenvalue weighted by Gasteiger charge is -2.11. The maximum atomic E-state index is 13.4. The number of halogens is 1. The molecule has 0 fully saturated rings. The molecule has 0 spiro atoms. The van der Waals surface area contributed by atoms with E-state index in [1.165, 1.54) is 30.3 Å². The van der Waals surface area contributed by atoms with Gasteiger partial charge >= 0.3 is 0 Å². The number of sulfonamides is 1. The molecular formula is C14H12FN3O2S. The van der Waals surface area contributed by atoms with Crippen LogP contribution >= 0.6 is 0 Å². The first-order chi connectivity index (χ1) is 9.83. The van der Waals surface area contributed by atoms with Gasteiger partial charge in [0.1, 0.15) is 5.82 Å². The summed E-state index contributed by atoms with van der Waals surface area (Å²) in [5.41, 5.74) is 6.04. The van der Waals surface area contributed by atoms with Crippen molar-refractivity contribution in [2.24, 2.45) is 0 Å². The second kappa shape index (κ2) is 5.42. The van der Waals surface area contributed by atoms with Gasteiger partial charge in [0, 0.05) is 6.07 Å². The van der Waals surface area contributed by atoms with Crippen LogP contribution in [0.3, 0.4) is 0 Å². The van der Waals surface area contributed by atoms with Crippen LogP contribution in [-0.2, 0) is 10.0 Å². The smallest absolute Gasteiger partial charge is 0.262 e. The Morgan fingerprint density at radius 3 is 2.57 bits per heavy atom. The molecule has 0 unspecified atom stereocenters. The molecule has 0 aliphatic heterocycles. The molecule has 0 saturated carbocycles. The van der Waals surface area contributed by atoms with E-state index < -0.39 is 15.8 Å². The largest absolute Gasteiger partial charge is 0.396 e. The molecule has 108 valence electrons. The fourth-order valence-electron chi connectivity index (χ4n) is 1.76. The highest BCUT2D eigenvalue weighted by Crippen LogP contribution is 2.22. The second-order valence-corrected chi connectivity index (χ2v) is 6.08. The highest BCUT2D eigenvalue weighted by atomic mass is 32.2. The van der Waals surface area contributed by atoms with Gasteiger partial charge in [-0.15, -0.1) is 0 Å². The molecule has 0 radical (unpaired) electrons. The molecule has 0 bridgehead atoms. The van der Waals surface area contributed by atoms with Crippen molar-refractivity contribution in [2.75, 3.05) is 10.5 Å². The van der Waals surface area contributed by atoms with Crippen molar-refractivity contribution in [2.45, 2.75) is 11.8 Å². The van der Waals surface area contributed by atoms with Crippen LogP contribution in [0.2, 0.25) is 0 Å². The van der Waals surface area contributed by atoms with E-state index in [0.29, 0.717) is 5.56 Å². The lowest BCUT2D eigenvalue weighted by Crippen LogP contribution is -2.14. The molecule has 2 rings (SSSR count). The first-order valence-electron chi connectivity index (χ1n) is 5.92. The van der Waals surface area contributed by atoms with Crippen LogP contribution in [0.1, 0.15) is 11.1 Å². The quantitative estimate of drug-likeness (QED) is 0.851. The summed E-state index contributed by atoms with van der Waals surface area (Å²) >= 11 is 0. The van der Waals surface area contributed by atoms with Crippen LogP contribution < -0.4 is 10.5 Å². The van der Waals surface area contributed by atoms with Crippen LogP contribution in [-0.4, -0.2) is 8.42 Å². The monoisotopic (exact) mass is 305 g/mol. The maximum absolute atomic E-state index is 13.4. The number of rotatable bonds is 3. The minimum Gasteiger partial charge on any atom is -0.396 e. The average molecular weight is 305 g/mol. The Kier molecular flexibility index (Phi) is 3.82. The normalized spacial score (nSPS) is 10.9. The molecule has 0 saturated heterocycles. The molecule has 2 aromatic carbocycles. The van der Waals surface area contributed by atoms with Crippen molar-refractivity contribution in [3.63, 3.8) is 0 Å². The Bertz CT molecular complexity index is 842. The molecule has 0 amide bonds. The number of nitrogens with two attached hydrogens (primary N) is 1. The summed E-state index contributed by atoms with van der Waals surface area (Å²) < 4.78 is 40.2. The molecular weight excluding hydrogens is 293 g/mol. The first kappa shape index (κ1) is 14.8. The van der Waals surface area contributed by atoms with E-state index >= 15 is 0 Å². The van der Waals surface area contributed by atoms with E-state index in [-0.39, 0.29) is 21.8 Å². The third kappa shape index (κ3) is 3.12. The highest BCUT2D eigenvalue weighted by molar-refractivity contribution is 7.92.